The molecule has 2 unspecified atom stereocenters. The summed E-state index contributed by atoms with van der Waals surface area (Å²) in [5.74, 6) is 3.78. The third-order valence-corrected chi connectivity index (χ3v) is 6.91. The second-order valence-electron chi connectivity index (χ2n) is 8.87. The van der Waals surface area contributed by atoms with E-state index in [1.807, 2.05) is 13.3 Å². The lowest BCUT2D eigenvalue weighted by Gasteiger charge is -2.61. The third-order valence-electron chi connectivity index (χ3n) is 6.91. The lowest BCUT2D eigenvalue weighted by Crippen LogP contribution is -2.59. The van der Waals surface area contributed by atoms with Gasteiger partial charge in [0.25, 0.3) is 0 Å². The first kappa shape index (κ1) is 15.5. The van der Waals surface area contributed by atoms with Crippen molar-refractivity contribution in [2.75, 3.05) is 0 Å². The minimum Gasteiger partial charge on any atom is -0.249 e. The van der Waals surface area contributed by atoms with Crippen LogP contribution in [0.15, 0.2) is 12.7 Å². The van der Waals surface area contributed by atoms with Crippen LogP contribution < -0.4 is 0 Å². The first-order valence-electron chi connectivity index (χ1n) is 9.89. The highest BCUT2D eigenvalue weighted by Gasteiger charge is 2.61. The summed E-state index contributed by atoms with van der Waals surface area (Å²) in [5.41, 5.74) is 0.334. The molecule has 134 valence electrons. The minimum absolute atomic E-state index is 0.149. The number of rotatable bonds is 5. The topological polar surface area (TPSA) is 61.4 Å². The Labute approximate surface area is 149 Å². The van der Waals surface area contributed by atoms with E-state index >= 15 is 0 Å². The normalized spacial score (nSPS) is 36.2. The Kier molecular flexibility index (Phi) is 3.35. The van der Waals surface area contributed by atoms with Gasteiger partial charge in [-0.25, -0.2) is 19.3 Å². The third kappa shape index (κ3) is 2.29. The second-order valence-corrected chi connectivity index (χ2v) is 8.87. The molecule has 0 aromatic carbocycles. The quantitative estimate of drug-likeness (QED) is 0.838. The molecule has 25 heavy (non-hydrogen) atoms. The van der Waals surface area contributed by atoms with Gasteiger partial charge in [0.05, 0.1) is 5.54 Å². The molecular weight excluding hydrogens is 312 g/mol. The van der Waals surface area contributed by atoms with Crippen LogP contribution in [0.25, 0.3) is 0 Å². The molecule has 4 saturated carbocycles. The van der Waals surface area contributed by atoms with E-state index in [-0.39, 0.29) is 11.0 Å². The summed E-state index contributed by atoms with van der Waals surface area (Å²) in [4.78, 5) is 9.23. The number of hydrogen-bond donors (Lipinski definition) is 0. The maximum Gasteiger partial charge on any atom is 0.147 e. The number of hydrogen-bond acceptors (Lipinski definition) is 4. The zero-order chi connectivity index (χ0) is 17.1. The average molecular weight is 340 g/mol. The molecule has 4 bridgehead atoms. The number of aryl methyl sites for hydroxylation is 2. The van der Waals surface area contributed by atoms with Gasteiger partial charge in [-0.3, -0.25) is 0 Å². The van der Waals surface area contributed by atoms with E-state index in [1.54, 1.807) is 6.33 Å². The predicted octanol–water partition coefficient (Wildman–Crippen LogP) is 3.23. The van der Waals surface area contributed by atoms with Crippen LogP contribution >= 0.6 is 0 Å². The Bertz CT molecular complexity index is 747. The highest BCUT2D eigenvalue weighted by Crippen LogP contribution is 2.64. The van der Waals surface area contributed by atoms with Gasteiger partial charge in [-0.05, 0) is 63.7 Å². The molecule has 2 heterocycles. The molecule has 2 atom stereocenters. The molecule has 2 aromatic rings. The Morgan fingerprint density at radius 2 is 2.00 bits per heavy atom. The lowest BCUT2D eigenvalue weighted by molar-refractivity contribution is -0.0730. The fourth-order valence-corrected chi connectivity index (χ4v) is 6.51. The van der Waals surface area contributed by atoms with Crippen LogP contribution in [0, 0.1) is 18.8 Å². The minimum atomic E-state index is 0.149. The zero-order valence-electron chi connectivity index (χ0n) is 15.4. The van der Waals surface area contributed by atoms with Crippen molar-refractivity contribution in [1.82, 2.24) is 29.5 Å². The molecule has 0 N–H and O–H groups in total. The summed E-state index contributed by atoms with van der Waals surface area (Å²) >= 11 is 0. The maximum absolute atomic E-state index is 4.97. The van der Waals surface area contributed by atoms with Crippen molar-refractivity contribution in [3.63, 3.8) is 0 Å². The SMILES string of the molecule is CCCCn1nc(C)nc1C12CC3CC(C1)CC(n1cncn1)(C3)C2. The fourth-order valence-electron chi connectivity index (χ4n) is 6.51. The van der Waals surface area contributed by atoms with E-state index in [0.717, 1.165) is 30.6 Å². The van der Waals surface area contributed by atoms with Gasteiger partial charge in [0.2, 0.25) is 0 Å². The summed E-state index contributed by atoms with van der Waals surface area (Å²) in [6, 6.07) is 0. The molecule has 6 rings (SSSR count). The van der Waals surface area contributed by atoms with Gasteiger partial charge >= 0.3 is 0 Å². The largest absolute Gasteiger partial charge is 0.249 e. The molecule has 0 spiro atoms. The van der Waals surface area contributed by atoms with Crippen molar-refractivity contribution in [1.29, 1.82) is 0 Å². The van der Waals surface area contributed by atoms with Gasteiger partial charge in [-0.1, -0.05) is 13.3 Å². The summed E-state index contributed by atoms with van der Waals surface area (Å²) in [6.45, 7) is 5.29. The molecule has 0 aliphatic heterocycles. The molecule has 0 saturated heterocycles. The van der Waals surface area contributed by atoms with E-state index in [2.05, 4.69) is 26.4 Å². The smallest absolute Gasteiger partial charge is 0.147 e. The highest BCUT2D eigenvalue weighted by atomic mass is 15.4. The molecule has 4 fully saturated rings. The molecule has 0 radical (unpaired) electrons. The summed E-state index contributed by atoms with van der Waals surface area (Å²) in [6.07, 6.45) is 13.6. The first-order chi connectivity index (χ1) is 12.1. The number of aromatic nitrogens is 6. The van der Waals surface area contributed by atoms with Crippen molar-refractivity contribution in [2.45, 2.75) is 82.7 Å². The van der Waals surface area contributed by atoms with Gasteiger partial charge < -0.3 is 0 Å². The monoisotopic (exact) mass is 340 g/mol. The Morgan fingerprint density at radius 3 is 2.68 bits per heavy atom. The van der Waals surface area contributed by atoms with Crippen LogP contribution in [-0.2, 0) is 17.5 Å². The van der Waals surface area contributed by atoms with Crippen LogP contribution in [0.4, 0.5) is 0 Å². The number of nitrogens with zero attached hydrogens (tertiary/aromatic N) is 6. The van der Waals surface area contributed by atoms with E-state index in [4.69, 9.17) is 10.1 Å². The van der Waals surface area contributed by atoms with E-state index < -0.39 is 0 Å². The molecule has 4 aliphatic rings. The van der Waals surface area contributed by atoms with Crippen LogP contribution in [0.1, 0.15) is 69.9 Å². The van der Waals surface area contributed by atoms with Crippen LogP contribution in [0.3, 0.4) is 0 Å². The fraction of sp³-hybridized carbons (Fsp3) is 0.789. The van der Waals surface area contributed by atoms with Gasteiger partial charge in [0, 0.05) is 12.0 Å². The summed E-state index contributed by atoms with van der Waals surface area (Å²) in [5, 5.41) is 9.33. The van der Waals surface area contributed by atoms with Crippen LogP contribution in [-0.4, -0.2) is 29.5 Å². The first-order valence-corrected chi connectivity index (χ1v) is 9.89. The van der Waals surface area contributed by atoms with E-state index in [9.17, 15) is 0 Å². The summed E-state index contributed by atoms with van der Waals surface area (Å²) in [7, 11) is 0. The molecule has 2 aromatic heterocycles. The Morgan fingerprint density at radius 1 is 1.20 bits per heavy atom. The van der Waals surface area contributed by atoms with Gasteiger partial charge in [-0.2, -0.15) is 10.2 Å². The lowest BCUT2D eigenvalue weighted by atomic mass is 9.46. The van der Waals surface area contributed by atoms with Gasteiger partial charge in [0.1, 0.15) is 24.3 Å². The standard InChI is InChI=1S/C19H28N6/c1-3-4-5-24-17(22-14(2)23-24)18-7-15-6-16(8-18)10-19(9-15,11-18)25-13-20-12-21-25/h12-13,15-16H,3-11H2,1-2H3. The summed E-state index contributed by atoms with van der Waals surface area (Å²) < 4.78 is 4.42. The molecule has 0 amide bonds. The zero-order valence-corrected chi connectivity index (χ0v) is 15.4. The van der Waals surface area contributed by atoms with Gasteiger partial charge in [-0.15, -0.1) is 0 Å². The van der Waals surface area contributed by atoms with Crippen molar-refractivity contribution < 1.29 is 0 Å². The predicted molar refractivity (Wildman–Crippen MR) is 94.0 cm³/mol. The van der Waals surface area contributed by atoms with E-state index in [0.29, 0.717) is 0 Å². The molecule has 4 aliphatic carbocycles. The van der Waals surface area contributed by atoms with Crippen LogP contribution in [0.5, 0.6) is 0 Å². The van der Waals surface area contributed by atoms with Crippen molar-refractivity contribution in [2.24, 2.45) is 11.8 Å². The van der Waals surface area contributed by atoms with Crippen LogP contribution in [0.2, 0.25) is 0 Å². The molecule has 6 nitrogen and oxygen atoms in total. The Balaban J connectivity index is 1.58. The van der Waals surface area contributed by atoms with Gasteiger partial charge in [0.15, 0.2) is 0 Å². The number of unbranched alkanes of at least 4 members (excludes halogenated alkanes) is 1. The molecular formula is C19H28N6. The highest BCUT2D eigenvalue weighted by molar-refractivity contribution is 5.22. The average Bonchev–Trinajstić information content (AvgIpc) is 3.22. The maximum atomic E-state index is 4.97. The van der Waals surface area contributed by atoms with Crippen molar-refractivity contribution in [3.05, 3.63) is 24.3 Å². The van der Waals surface area contributed by atoms with Crippen molar-refractivity contribution in [3.8, 4) is 0 Å². The molecule has 6 heteroatoms. The van der Waals surface area contributed by atoms with E-state index in [1.165, 1.54) is 50.8 Å². The Hall–Kier alpha value is -1.72. The second kappa shape index (κ2) is 5.39. The van der Waals surface area contributed by atoms with Crippen molar-refractivity contribution >= 4 is 0 Å².